The molecule has 60 heavy (non-hydrogen) atoms. The molecule has 3 aromatic heterocycles. The lowest BCUT2D eigenvalue weighted by Gasteiger charge is -2.17. The first-order chi connectivity index (χ1) is 28.8. The van der Waals surface area contributed by atoms with Crippen LogP contribution in [0.15, 0.2) is 18.6 Å². The van der Waals surface area contributed by atoms with Crippen molar-refractivity contribution in [1.82, 2.24) is 45.6 Å². The molecule has 17 nitrogen and oxygen atoms in total. The quantitative estimate of drug-likeness (QED) is 0.0469. The van der Waals surface area contributed by atoms with Gasteiger partial charge in [0, 0.05) is 75.2 Å². The fourth-order valence-corrected chi connectivity index (χ4v) is 6.16. The monoisotopic (exact) mass is 841 g/mol. The summed E-state index contributed by atoms with van der Waals surface area (Å²) in [5, 5.41) is 27.3. The van der Waals surface area contributed by atoms with Crippen LogP contribution in [0.2, 0.25) is 0 Å². The zero-order valence-corrected chi connectivity index (χ0v) is 37.3. The number of rotatable bonds is 26. The van der Waals surface area contributed by atoms with Gasteiger partial charge in [0.2, 0.25) is 5.91 Å². The van der Waals surface area contributed by atoms with E-state index < -0.39 is 29.9 Å². The number of aromatic nitrogens is 7. The van der Waals surface area contributed by atoms with Gasteiger partial charge < -0.3 is 30.0 Å². The summed E-state index contributed by atoms with van der Waals surface area (Å²) >= 11 is 0. The Hall–Kier alpha value is -5.09. The van der Waals surface area contributed by atoms with Crippen LogP contribution in [-0.2, 0) is 67.7 Å². The molecule has 2 amide bonds. The molecule has 0 aliphatic carbocycles. The predicted molar refractivity (Wildman–Crippen MR) is 224 cm³/mol. The second-order valence-corrected chi connectivity index (χ2v) is 18.1. The van der Waals surface area contributed by atoms with E-state index in [4.69, 9.17) is 20.8 Å². The first-order valence-electron chi connectivity index (χ1n) is 21.6. The molecule has 0 aliphatic heterocycles. The number of nitrogens with one attached hydrogen (secondary N) is 2. The number of unbranched alkanes of at least 4 members (excludes halogenated alkanes) is 1. The summed E-state index contributed by atoms with van der Waals surface area (Å²) in [5.41, 5.74) is 2.93. The minimum Gasteiger partial charge on any atom is -0.506 e. The topological polar surface area (TPSA) is 215 Å². The first-order valence-corrected chi connectivity index (χ1v) is 21.2. The minimum atomic E-state index is -0.567. The van der Waals surface area contributed by atoms with Crippen molar-refractivity contribution in [3.8, 4) is 5.75 Å². The number of hydrogen-bond donors (Lipinski definition) is 3. The molecule has 0 fully saturated rings. The number of nitrogens with zero attached hydrogens (tertiary/aromatic N) is 7. The van der Waals surface area contributed by atoms with E-state index in [1.807, 2.05) is 0 Å². The molecule has 3 N–H and O–H groups in total. The number of pyridine rings is 1. The Bertz CT molecular complexity index is 1840. The van der Waals surface area contributed by atoms with E-state index >= 15 is 0 Å². The smallest absolute Gasteiger partial charge is 0.407 e. The van der Waals surface area contributed by atoms with Crippen molar-refractivity contribution in [3.63, 3.8) is 0 Å². The molecule has 0 saturated carbocycles. The summed E-state index contributed by atoms with van der Waals surface area (Å²) in [7, 11) is 0. The second-order valence-electron chi connectivity index (χ2n) is 18.1. The van der Waals surface area contributed by atoms with Gasteiger partial charge in [0.1, 0.15) is 19.0 Å². The van der Waals surface area contributed by atoms with Crippen LogP contribution in [0, 0.1) is 29.6 Å². The summed E-state index contributed by atoms with van der Waals surface area (Å²) in [6, 6.07) is 0. The fraction of sp³-hybridized carbons (Fsp3) is 0.698. The number of ether oxygens (including phenoxy) is 3. The van der Waals surface area contributed by atoms with Crippen LogP contribution in [0.5, 0.6) is 5.75 Å². The van der Waals surface area contributed by atoms with E-state index in [2.05, 4.69) is 77.8 Å². The molecule has 3 aromatic rings. The molecule has 0 aliphatic rings. The summed E-state index contributed by atoms with van der Waals surface area (Å²) in [6.45, 7) is 20.2. The third-order valence-electron chi connectivity index (χ3n) is 9.74. The normalized spacial score (nSPS) is 12.9. The maximum Gasteiger partial charge on any atom is 0.407 e. The van der Waals surface area contributed by atoms with Gasteiger partial charge in [-0.2, -0.15) is 0 Å². The van der Waals surface area contributed by atoms with Crippen LogP contribution in [0.25, 0.3) is 0 Å². The van der Waals surface area contributed by atoms with Gasteiger partial charge in [0.25, 0.3) is 1.43 Å². The molecule has 0 aromatic carbocycles. The van der Waals surface area contributed by atoms with Crippen LogP contribution < -0.4 is 10.6 Å². The Morgan fingerprint density at radius 3 is 1.88 bits per heavy atom. The third-order valence-corrected chi connectivity index (χ3v) is 9.74. The lowest BCUT2D eigenvalue weighted by molar-refractivity contribution is -0.151. The second kappa shape index (κ2) is 24.2. The van der Waals surface area contributed by atoms with Gasteiger partial charge in [-0.3, -0.25) is 28.7 Å². The van der Waals surface area contributed by atoms with Gasteiger partial charge in [-0.15, -0.1) is 10.2 Å². The Morgan fingerprint density at radius 1 is 0.767 bits per heavy atom. The van der Waals surface area contributed by atoms with Crippen LogP contribution in [0.4, 0.5) is 4.79 Å². The van der Waals surface area contributed by atoms with E-state index in [9.17, 15) is 19.2 Å². The average molecular weight is 841 g/mol. The maximum absolute atomic E-state index is 13.1. The predicted octanol–water partition coefficient (Wildman–Crippen LogP) is 6.18. The van der Waals surface area contributed by atoms with Crippen LogP contribution in [0.1, 0.15) is 135 Å². The summed E-state index contributed by atoms with van der Waals surface area (Å²) in [5.74, 6) is -1.91. The van der Waals surface area contributed by atoms with Gasteiger partial charge in [0.15, 0.2) is 0 Å². The van der Waals surface area contributed by atoms with Gasteiger partial charge in [-0.25, -0.2) is 4.79 Å². The molecule has 0 saturated heterocycles. The molecule has 0 bridgehead atoms. The van der Waals surface area contributed by atoms with Crippen molar-refractivity contribution < 1.29 is 38.5 Å². The van der Waals surface area contributed by atoms with Gasteiger partial charge >= 0.3 is 18.0 Å². The highest BCUT2D eigenvalue weighted by Crippen LogP contribution is 2.27. The van der Waals surface area contributed by atoms with E-state index in [-0.39, 0.29) is 42.1 Å². The van der Waals surface area contributed by atoms with E-state index in [1.54, 1.807) is 42.5 Å². The molecule has 3 rings (SSSR count). The van der Waals surface area contributed by atoms with Crippen molar-refractivity contribution in [2.75, 3.05) is 19.7 Å². The van der Waals surface area contributed by atoms with E-state index in [0.29, 0.717) is 86.7 Å². The molecular weight excluding hydrogens is 771 g/mol. The Morgan fingerprint density at radius 2 is 1.32 bits per heavy atom. The summed E-state index contributed by atoms with van der Waals surface area (Å²) < 4.78 is 27.5. The highest BCUT2D eigenvalue weighted by atomic mass is 16.5. The zero-order valence-electron chi connectivity index (χ0n) is 38.3. The fourth-order valence-electron chi connectivity index (χ4n) is 6.16. The number of carbonyl (C=O) groups excluding carboxylic acids is 4. The molecular formula is C43H69N9O8. The molecule has 3 heterocycles. The SMILES string of the molecule is [2H]Oc1c(C)ncc(COC(=O)C(C)Cc2cn(CCCNC(=O)CCCCC(C)(C)C)nn2)c1COC(=O)C(C)Cc1cn(CCCNC(=O)OCCCC(C)(C)C)nn1. The number of esters is 2. The van der Waals surface area contributed by atoms with Crippen molar-refractivity contribution >= 4 is 23.9 Å². The average Bonchev–Trinajstić information content (AvgIpc) is 3.84. The minimum absolute atomic E-state index is 0.0591. The van der Waals surface area contributed by atoms with Crippen LogP contribution in [0.3, 0.4) is 0 Å². The van der Waals surface area contributed by atoms with Gasteiger partial charge in [-0.1, -0.05) is 72.2 Å². The molecule has 17 heteroatoms. The zero-order chi connectivity index (χ0) is 45.0. The van der Waals surface area contributed by atoms with Crippen molar-refractivity contribution in [3.05, 3.63) is 46.8 Å². The third kappa shape index (κ3) is 19.3. The largest absolute Gasteiger partial charge is 0.506 e. The highest BCUT2D eigenvalue weighted by Gasteiger charge is 2.22. The number of aryl methyl sites for hydroxylation is 3. The van der Waals surface area contributed by atoms with Gasteiger partial charge in [0.05, 0.1) is 35.5 Å². The van der Waals surface area contributed by atoms with Crippen molar-refractivity contribution in [1.29, 1.82) is 1.43 Å². The molecule has 0 radical (unpaired) electrons. The highest BCUT2D eigenvalue weighted by molar-refractivity contribution is 5.75. The Kier molecular flexibility index (Phi) is 19.2. The molecule has 0 spiro atoms. The summed E-state index contributed by atoms with van der Waals surface area (Å²) in [6.07, 6.45) is 11.8. The molecule has 2 unspecified atom stereocenters. The number of aromatic hydroxyl groups is 1. The van der Waals surface area contributed by atoms with Crippen molar-refractivity contribution in [2.24, 2.45) is 22.7 Å². The Balaban J connectivity index is 1.40. The maximum atomic E-state index is 13.1. The van der Waals surface area contributed by atoms with E-state index in [1.165, 1.54) is 6.20 Å². The standard InChI is InChI=1S/C43H69N9O8/c1-30(23-34-26-51(49-47-34)20-13-18-44-37(53)15-10-11-16-42(4,5)6)39(55)59-28-33-25-46-32(3)38(54)36(33)29-60-40(56)31(2)24-35-27-52(50-48-35)21-14-19-45-41(57)58-22-12-17-43(7,8)9/h25-27,30-31,54H,10-24,28-29H2,1-9H3,(H,44,53)(H,45,57)/i/hD. The van der Waals surface area contributed by atoms with Gasteiger partial charge in [-0.05, 0) is 56.3 Å². The number of amides is 2. The van der Waals surface area contributed by atoms with E-state index in [0.717, 1.165) is 32.1 Å². The number of alkyl carbamates (subject to hydrolysis) is 1. The molecule has 334 valence electrons. The lowest BCUT2D eigenvalue weighted by atomic mass is 9.89. The lowest BCUT2D eigenvalue weighted by Crippen LogP contribution is -2.26. The van der Waals surface area contributed by atoms with Crippen LogP contribution >= 0.6 is 0 Å². The summed E-state index contributed by atoms with van der Waals surface area (Å²) in [4.78, 5) is 54.5. The number of carbonyl (C=O) groups is 4. The molecule has 2 atom stereocenters. The number of hydrogen-bond acceptors (Lipinski definition) is 13. The first kappa shape index (κ1) is 47.6. The van der Waals surface area contributed by atoms with Crippen molar-refractivity contribution in [2.45, 2.75) is 153 Å². The Labute approximate surface area is 356 Å². The van der Waals surface area contributed by atoms with Crippen LogP contribution in [-0.4, -0.2) is 85.1 Å².